The molecule has 4 saturated heterocycles. The molecule has 0 spiro atoms. The van der Waals surface area contributed by atoms with Crippen LogP contribution in [0.4, 0.5) is 0 Å². The Morgan fingerprint density at radius 2 is 1.62 bits per heavy atom. The molecule has 0 saturated carbocycles. The van der Waals surface area contributed by atoms with Gasteiger partial charge in [0.2, 0.25) is 17.7 Å². The summed E-state index contributed by atoms with van der Waals surface area (Å²) in [6.07, 6.45) is 2.54. The lowest BCUT2D eigenvalue weighted by atomic mass is 9.81. The van der Waals surface area contributed by atoms with Crippen molar-refractivity contribution in [2.24, 2.45) is 11.8 Å². The van der Waals surface area contributed by atoms with Crippen molar-refractivity contribution in [3.8, 4) is 0 Å². The van der Waals surface area contributed by atoms with Gasteiger partial charge in [0.25, 0.3) is 0 Å². The van der Waals surface area contributed by atoms with Crippen LogP contribution in [0, 0.1) is 11.8 Å². The molecule has 168 valence electrons. The van der Waals surface area contributed by atoms with E-state index in [1.807, 2.05) is 24.3 Å². The van der Waals surface area contributed by atoms with Gasteiger partial charge in [0.05, 0.1) is 35.1 Å². The molecule has 32 heavy (non-hydrogen) atoms. The maximum absolute atomic E-state index is 13.2. The molecule has 5 heterocycles. The normalized spacial score (nSPS) is 31.0. The van der Waals surface area contributed by atoms with Crippen molar-refractivity contribution in [1.82, 2.24) is 19.4 Å². The fourth-order valence-electron chi connectivity index (χ4n) is 6.27. The maximum Gasteiger partial charge on any atom is 0.326 e. The topological polar surface area (TPSA) is 105 Å². The Morgan fingerprint density at radius 1 is 1.00 bits per heavy atom. The van der Waals surface area contributed by atoms with Crippen molar-refractivity contribution < 1.29 is 19.1 Å². The lowest BCUT2D eigenvalue weighted by Gasteiger charge is -2.35. The number of rotatable bonds is 3. The Bertz CT molecular complexity index is 1150. The summed E-state index contributed by atoms with van der Waals surface area (Å²) in [7, 11) is 0. The first-order chi connectivity index (χ1) is 15.5. The smallest absolute Gasteiger partial charge is 0.326 e. The Balaban J connectivity index is 1.16. The van der Waals surface area contributed by atoms with Crippen molar-refractivity contribution in [1.29, 1.82) is 0 Å². The van der Waals surface area contributed by atoms with E-state index in [2.05, 4.69) is 4.98 Å². The molecule has 3 amide bonds. The van der Waals surface area contributed by atoms with Crippen LogP contribution in [0.2, 0.25) is 0 Å². The Morgan fingerprint density at radius 3 is 2.28 bits per heavy atom. The molecular weight excluding hydrogens is 412 g/mol. The first kappa shape index (κ1) is 19.7. The van der Waals surface area contributed by atoms with Crippen LogP contribution >= 0.6 is 0 Å². The quantitative estimate of drug-likeness (QED) is 0.721. The zero-order valence-electron chi connectivity index (χ0n) is 17.9. The predicted molar refractivity (Wildman–Crippen MR) is 114 cm³/mol. The molecule has 5 atom stereocenters. The number of nitrogens with one attached hydrogen (secondary N) is 1. The average molecular weight is 438 g/mol. The van der Waals surface area contributed by atoms with Crippen molar-refractivity contribution in [3.05, 3.63) is 34.7 Å². The number of fused-ring (bicyclic) bond motifs is 6. The number of aromatic nitrogens is 2. The molecule has 4 aliphatic rings. The lowest BCUT2D eigenvalue weighted by molar-refractivity contribution is -0.153. The van der Waals surface area contributed by atoms with Crippen LogP contribution in [0.15, 0.2) is 29.1 Å². The van der Waals surface area contributed by atoms with E-state index >= 15 is 0 Å². The summed E-state index contributed by atoms with van der Waals surface area (Å²) in [6.45, 7) is 2.62. The fraction of sp³-hybridized carbons (Fsp3) is 0.565. The van der Waals surface area contributed by atoms with E-state index in [4.69, 9.17) is 4.74 Å². The molecule has 2 bridgehead atoms. The number of ether oxygens (including phenoxy) is 1. The fourth-order valence-corrected chi connectivity index (χ4v) is 6.27. The molecule has 0 radical (unpaired) electrons. The summed E-state index contributed by atoms with van der Waals surface area (Å²) >= 11 is 0. The molecule has 1 aromatic heterocycles. The van der Waals surface area contributed by atoms with Gasteiger partial charge >= 0.3 is 5.69 Å². The molecule has 4 aliphatic heterocycles. The standard InChI is InChI=1S/C23H26N4O5/c1-12(26-21(29)18-16-6-7-17(32-16)19(18)22(26)30)20(28)25-10-8-13(9-11-25)27-15-5-3-2-4-14(15)24-23(27)31/h2-5,12-13,16-19H,6-11H2,1H3,(H,24,31). The predicted octanol–water partition coefficient (Wildman–Crippen LogP) is 1.04. The number of imidazole rings is 1. The summed E-state index contributed by atoms with van der Waals surface area (Å²) in [4.78, 5) is 57.5. The number of H-pyrrole nitrogens is 1. The highest BCUT2D eigenvalue weighted by Gasteiger charge is 2.63. The van der Waals surface area contributed by atoms with E-state index in [-0.39, 0.29) is 41.7 Å². The number of imide groups is 1. The van der Waals surface area contributed by atoms with Gasteiger partial charge in [0.1, 0.15) is 6.04 Å². The average Bonchev–Trinajstić information content (AvgIpc) is 3.54. The number of carbonyl (C=O) groups excluding carboxylic acids is 3. The molecule has 4 fully saturated rings. The molecule has 2 aromatic rings. The van der Waals surface area contributed by atoms with E-state index in [0.717, 1.165) is 23.9 Å². The number of piperidine rings is 1. The summed E-state index contributed by atoms with van der Waals surface area (Å²) in [6, 6.07) is 6.78. The van der Waals surface area contributed by atoms with E-state index in [1.54, 1.807) is 16.4 Å². The van der Waals surface area contributed by atoms with E-state index in [0.29, 0.717) is 25.9 Å². The van der Waals surface area contributed by atoms with Gasteiger partial charge in [-0.3, -0.25) is 23.9 Å². The highest BCUT2D eigenvalue weighted by atomic mass is 16.5. The van der Waals surface area contributed by atoms with E-state index in [1.165, 1.54) is 4.90 Å². The number of aromatic amines is 1. The van der Waals surface area contributed by atoms with Gasteiger partial charge in [0.15, 0.2) is 0 Å². The second-order valence-electron chi connectivity index (χ2n) is 9.44. The van der Waals surface area contributed by atoms with Crippen molar-refractivity contribution in [2.45, 2.75) is 56.9 Å². The molecule has 9 heteroatoms. The molecule has 1 aromatic carbocycles. The number of amides is 3. The van der Waals surface area contributed by atoms with Crippen LogP contribution in [0.25, 0.3) is 11.0 Å². The highest BCUT2D eigenvalue weighted by Crippen LogP contribution is 2.49. The largest absolute Gasteiger partial charge is 0.373 e. The van der Waals surface area contributed by atoms with Crippen molar-refractivity contribution >= 4 is 28.8 Å². The van der Waals surface area contributed by atoms with E-state index in [9.17, 15) is 19.2 Å². The minimum atomic E-state index is -0.813. The first-order valence-electron chi connectivity index (χ1n) is 11.5. The van der Waals surface area contributed by atoms with Crippen LogP contribution in [0.1, 0.15) is 38.6 Å². The van der Waals surface area contributed by atoms with Crippen LogP contribution in [-0.2, 0) is 19.1 Å². The number of carbonyl (C=O) groups is 3. The summed E-state index contributed by atoms with van der Waals surface area (Å²) in [5.41, 5.74) is 1.53. The van der Waals surface area contributed by atoms with E-state index < -0.39 is 17.9 Å². The molecule has 5 unspecified atom stereocenters. The monoisotopic (exact) mass is 438 g/mol. The zero-order chi connectivity index (χ0) is 22.1. The van der Waals surface area contributed by atoms with Gasteiger partial charge < -0.3 is 14.6 Å². The summed E-state index contributed by atoms with van der Waals surface area (Å²) < 4.78 is 7.56. The Kier molecular flexibility index (Phi) is 4.33. The van der Waals surface area contributed by atoms with Crippen LogP contribution in [0.3, 0.4) is 0 Å². The summed E-state index contributed by atoms with van der Waals surface area (Å²) in [5.74, 6) is -1.56. The van der Waals surface area contributed by atoms with Crippen LogP contribution < -0.4 is 5.69 Å². The van der Waals surface area contributed by atoms with Gasteiger partial charge in [-0.1, -0.05) is 12.1 Å². The first-order valence-corrected chi connectivity index (χ1v) is 11.5. The van der Waals surface area contributed by atoms with Crippen LogP contribution in [-0.4, -0.2) is 68.4 Å². The van der Waals surface area contributed by atoms with Gasteiger partial charge in [-0.15, -0.1) is 0 Å². The minimum Gasteiger partial charge on any atom is -0.373 e. The SMILES string of the molecule is CC(C(=O)N1CCC(n2c(=O)[nH]c3ccccc32)CC1)N1C(=O)C2C3CCC(O3)C2C1=O. The Labute approximate surface area is 184 Å². The van der Waals surface area contributed by atoms with Crippen molar-refractivity contribution in [2.75, 3.05) is 13.1 Å². The third-order valence-corrected chi connectivity index (χ3v) is 7.83. The lowest BCUT2D eigenvalue weighted by Crippen LogP contribution is -2.52. The second kappa shape index (κ2) is 7.03. The molecule has 9 nitrogen and oxygen atoms in total. The van der Waals surface area contributed by atoms with Crippen LogP contribution in [0.5, 0.6) is 0 Å². The minimum absolute atomic E-state index is 0.000173. The number of para-hydroxylation sites is 2. The van der Waals surface area contributed by atoms with Gasteiger partial charge in [-0.05, 0) is 44.7 Å². The number of likely N-dealkylation sites (tertiary alicyclic amines) is 2. The third-order valence-electron chi connectivity index (χ3n) is 7.83. The second-order valence-corrected chi connectivity index (χ2v) is 9.44. The molecule has 6 rings (SSSR count). The highest BCUT2D eigenvalue weighted by molar-refractivity contribution is 6.09. The molecule has 1 N–H and O–H groups in total. The van der Waals surface area contributed by atoms with Crippen molar-refractivity contribution in [3.63, 3.8) is 0 Å². The Hall–Kier alpha value is -2.94. The maximum atomic E-state index is 13.2. The number of hydrogen-bond donors (Lipinski definition) is 1. The van der Waals surface area contributed by atoms with Gasteiger partial charge in [-0.25, -0.2) is 4.79 Å². The summed E-state index contributed by atoms with van der Waals surface area (Å²) in [5, 5.41) is 0. The van der Waals surface area contributed by atoms with Gasteiger partial charge in [0, 0.05) is 19.1 Å². The third kappa shape index (κ3) is 2.66. The number of nitrogens with zero attached hydrogens (tertiary/aromatic N) is 3. The van der Waals surface area contributed by atoms with Gasteiger partial charge in [-0.2, -0.15) is 0 Å². The molecular formula is C23H26N4O5. The number of hydrogen-bond acceptors (Lipinski definition) is 5. The number of benzene rings is 1. The zero-order valence-corrected chi connectivity index (χ0v) is 17.9. The molecule has 0 aliphatic carbocycles.